The third kappa shape index (κ3) is 3.84. The molecule has 0 radical (unpaired) electrons. The molecule has 0 spiro atoms. The number of nitrogens with one attached hydrogen (secondary N) is 3. The van der Waals surface area contributed by atoms with Crippen molar-refractivity contribution >= 4 is 44.4 Å². The van der Waals surface area contributed by atoms with Crippen LogP contribution in [0.2, 0.25) is 0 Å². The third-order valence-corrected chi connectivity index (χ3v) is 6.48. The number of nitrogens with zero attached hydrogens (tertiary/aromatic N) is 1. The fourth-order valence-electron chi connectivity index (χ4n) is 4.62. The zero-order valence-corrected chi connectivity index (χ0v) is 19.8. The van der Waals surface area contributed by atoms with Gasteiger partial charge in [0.15, 0.2) is 11.5 Å². The molecule has 0 aliphatic heterocycles. The van der Waals surface area contributed by atoms with E-state index in [9.17, 15) is 14.7 Å². The molecule has 8 heteroatoms. The molecule has 182 valence electrons. The van der Waals surface area contributed by atoms with E-state index in [-0.39, 0.29) is 29.5 Å². The molecule has 0 bridgehead atoms. The number of para-hydroxylation sites is 2. The molecule has 0 aliphatic rings. The number of phenolic OH excluding ortho intramolecular Hbond substituents is 1. The lowest BCUT2D eigenvalue weighted by Gasteiger charge is -2.09. The van der Waals surface area contributed by atoms with Crippen LogP contribution in [0.3, 0.4) is 0 Å². The summed E-state index contributed by atoms with van der Waals surface area (Å²) in [5.74, 6) is -0.375. The number of aromatic hydroxyl groups is 1. The van der Waals surface area contributed by atoms with Crippen molar-refractivity contribution in [2.45, 2.75) is 6.54 Å². The Bertz CT molecular complexity index is 1830. The Kier molecular flexibility index (Phi) is 5.34. The fourth-order valence-corrected chi connectivity index (χ4v) is 4.62. The lowest BCUT2D eigenvalue weighted by molar-refractivity contribution is 0.0946. The molecular weight excluding hydrogens is 468 g/mol. The summed E-state index contributed by atoms with van der Waals surface area (Å²) in [4.78, 5) is 38.0. The maximum atomic E-state index is 13.8. The number of methoxy groups -OCH3 is 1. The molecule has 0 atom stereocenters. The molecule has 3 aromatic heterocycles. The maximum absolute atomic E-state index is 13.8. The summed E-state index contributed by atoms with van der Waals surface area (Å²) in [6.45, 7) is 0.189. The highest BCUT2D eigenvalue weighted by molar-refractivity contribution is 6.23. The molecular formula is C29H22N4O4. The van der Waals surface area contributed by atoms with Gasteiger partial charge in [-0.25, -0.2) is 4.98 Å². The molecule has 0 saturated carbocycles. The normalized spacial score (nSPS) is 11.3. The molecule has 0 unspecified atom stereocenters. The molecule has 0 saturated heterocycles. The summed E-state index contributed by atoms with van der Waals surface area (Å²) in [5.41, 5.74) is 3.80. The Morgan fingerprint density at radius 1 is 0.946 bits per heavy atom. The van der Waals surface area contributed by atoms with Crippen LogP contribution in [0.4, 0.5) is 0 Å². The van der Waals surface area contributed by atoms with Gasteiger partial charge in [0.2, 0.25) is 5.78 Å². The third-order valence-electron chi connectivity index (χ3n) is 6.48. The Morgan fingerprint density at radius 3 is 2.51 bits per heavy atom. The summed E-state index contributed by atoms with van der Waals surface area (Å²) in [7, 11) is 1.46. The summed E-state index contributed by atoms with van der Waals surface area (Å²) < 4.78 is 5.15. The minimum absolute atomic E-state index is 0.0180. The minimum atomic E-state index is -0.424. The van der Waals surface area contributed by atoms with Crippen LogP contribution in [0.25, 0.3) is 32.7 Å². The molecule has 8 nitrogen and oxygen atoms in total. The van der Waals surface area contributed by atoms with Gasteiger partial charge < -0.3 is 25.1 Å². The number of fused-ring (bicyclic) bond motifs is 4. The number of rotatable bonds is 6. The van der Waals surface area contributed by atoms with Crippen LogP contribution in [-0.2, 0) is 6.54 Å². The van der Waals surface area contributed by atoms with E-state index >= 15 is 0 Å². The average molecular weight is 491 g/mol. The zero-order valence-electron chi connectivity index (χ0n) is 19.8. The number of amides is 1. The predicted molar refractivity (Wildman–Crippen MR) is 141 cm³/mol. The van der Waals surface area contributed by atoms with Crippen molar-refractivity contribution < 1.29 is 19.4 Å². The van der Waals surface area contributed by atoms with Gasteiger partial charge in [0, 0.05) is 45.5 Å². The highest BCUT2D eigenvalue weighted by atomic mass is 16.5. The van der Waals surface area contributed by atoms with Gasteiger partial charge in [-0.1, -0.05) is 42.5 Å². The van der Waals surface area contributed by atoms with Crippen LogP contribution in [-0.4, -0.2) is 38.9 Å². The first-order chi connectivity index (χ1) is 18.0. The molecule has 6 rings (SSSR count). The van der Waals surface area contributed by atoms with Gasteiger partial charge in [0.25, 0.3) is 5.91 Å². The summed E-state index contributed by atoms with van der Waals surface area (Å²) >= 11 is 0. The van der Waals surface area contributed by atoms with E-state index in [1.807, 2.05) is 48.5 Å². The first-order valence-electron chi connectivity index (χ1n) is 11.7. The van der Waals surface area contributed by atoms with Gasteiger partial charge in [-0.2, -0.15) is 0 Å². The molecule has 4 N–H and O–H groups in total. The van der Waals surface area contributed by atoms with Gasteiger partial charge in [0.1, 0.15) is 11.4 Å². The van der Waals surface area contributed by atoms with Crippen molar-refractivity contribution in [1.29, 1.82) is 0 Å². The highest BCUT2D eigenvalue weighted by Gasteiger charge is 2.23. The van der Waals surface area contributed by atoms with Crippen LogP contribution in [0.15, 0.2) is 79.0 Å². The number of hydrogen-bond acceptors (Lipinski definition) is 5. The Morgan fingerprint density at radius 2 is 1.70 bits per heavy atom. The van der Waals surface area contributed by atoms with Crippen LogP contribution in [0, 0.1) is 0 Å². The second-order valence-corrected chi connectivity index (χ2v) is 8.72. The number of H-pyrrole nitrogens is 2. The van der Waals surface area contributed by atoms with Crippen molar-refractivity contribution in [3.8, 4) is 11.5 Å². The number of ketones is 1. The number of phenols is 1. The van der Waals surface area contributed by atoms with E-state index in [0.717, 1.165) is 32.8 Å². The summed E-state index contributed by atoms with van der Waals surface area (Å²) in [5, 5.41) is 15.1. The maximum Gasteiger partial charge on any atom is 0.270 e. The number of pyridine rings is 1. The average Bonchev–Trinajstić information content (AvgIpc) is 3.53. The molecule has 3 heterocycles. The molecule has 0 fully saturated rings. The number of aromatic amines is 2. The van der Waals surface area contributed by atoms with Crippen molar-refractivity contribution in [2.24, 2.45) is 0 Å². The number of carbonyl (C=O) groups is 2. The summed E-state index contributed by atoms with van der Waals surface area (Å²) in [6.07, 6.45) is 1.67. The second-order valence-electron chi connectivity index (χ2n) is 8.72. The molecule has 1 amide bonds. The highest BCUT2D eigenvalue weighted by Crippen LogP contribution is 2.30. The Hall–Kier alpha value is -5.11. The van der Waals surface area contributed by atoms with Crippen LogP contribution in [0.1, 0.15) is 32.1 Å². The van der Waals surface area contributed by atoms with Gasteiger partial charge in [-0.3, -0.25) is 9.59 Å². The van der Waals surface area contributed by atoms with Crippen LogP contribution >= 0.6 is 0 Å². The first-order valence-corrected chi connectivity index (χ1v) is 11.7. The van der Waals surface area contributed by atoms with E-state index in [4.69, 9.17) is 4.74 Å². The van der Waals surface area contributed by atoms with Crippen molar-refractivity contribution in [3.05, 3.63) is 102 Å². The fraction of sp³-hybridized carbons (Fsp3) is 0.0690. The standard InChI is InChI=1S/C29H22N4O4/c1-37-25-12-16(10-11-24(25)34)14-31-29(36)23-13-19-17-6-3-5-9-22(17)32-26(19)27(33-23)28(35)20-15-30-21-8-4-2-7-18(20)21/h2-13,15,30,32,34H,14H2,1H3,(H,31,36). The second kappa shape index (κ2) is 8.83. The smallest absolute Gasteiger partial charge is 0.270 e. The zero-order chi connectivity index (χ0) is 25.5. The van der Waals surface area contributed by atoms with E-state index < -0.39 is 5.91 Å². The Labute approximate surface area is 210 Å². The van der Waals surface area contributed by atoms with Gasteiger partial charge >= 0.3 is 0 Å². The molecule has 0 aliphatic carbocycles. The van der Waals surface area contributed by atoms with Crippen LogP contribution in [0.5, 0.6) is 11.5 Å². The van der Waals surface area contributed by atoms with Gasteiger partial charge in [-0.05, 0) is 35.9 Å². The minimum Gasteiger partial charge on any atom is -0.504 e. The van der Waals surface area contributed by atoms with Crippen molar-refractivity contribution in [1.82, 2.24) is 20.3 Å². The topological polar surface area (TPSA) is 120 Å². The Balaban J connectivity index is 1.43. The molecule has 37 heavy (non-hydrogen) atoms. The van der Waals surface area contributed by atoms with E-state index in [0.29, 0.717) is 16.8 Å². The molecule has 6 aromatic rings. The van der Waals surface area contributed by atoms with Crippen LogP contribution < -0.4 is 10.1 Å². The number of hydrogen-bond donors (Lipinski definition) is 4. The predicted octanol–water partition coefficient (Wildman–Crippen LogP) is 5.07. The van der Waals surface area contributed by atoms with E-state index in [2.05, 4.69) is 20.3 Å². The summed E-state index contributed by atoms with van der Waals surface area (Å²) in [6, 6.07) is 21.8. The monoisotopic (exact) mass is 490 g/mol. The lowest BCUT2D eigenvalue weighted by atomic mass is 10.0. The number of aromatic nitrogens is 3. The lowest BCUT2D eigenvalue weighted by Crippen LogP contribution is -2.24. The van der Waals surface area contributed by atoms with Gasteiger partial charge in [0.05, 0.1) is 12.6 Å². The number of ether oxygens (including phenoxy) is 1. The SMILES string of the molecule is COc1cc(CNC(=O)c2cc3c([nH]c4ccccc43)c(C(=O)c3c[nH]c4ccccc34)n2)ccc1O. The number of benzene rings is 3. The first kappa shape index (κ1) is 22.4. The number of carbonyl (C=O) groups excluding carboxylic acids is 2. The van der Waals surface area contributed by atoms with Crippen molar-refractivity contribution in [2.75, 3.05) is 7.11 Å². The quantitative estimate of drug-likeness (QED) is 0.243. The largest absolute Gasteiger partial charge is 0.504 e. The van der Waals surface area contributed by atoms with E-state index in [1.165, 1.54) is 13.2 Å². The van der Waals surface area contributed by atoms with Crippen molar-refractivity contribution in [3.63, 3.8) is 0 Å². The molecule has 3 aromatic carbocycles. The van der Waals surface area contributed by atoms with E-state index in [1.54, 1.807) is 24.4 Å². The van der Waals surface area contributed by atoms with Gasteiger partial charge in [-0.15, -0.1) is 0 Å².